The Labute approximate surface area is 153 Å². The van der Waals surface area contributed by atoms with Gasteiger partial charge in [0, 0.05) is 12.2 Å². The molecule has 0 aliphatic carbocycles. The Morgan fingerprint density at radius 2 is 1.73 bits per heavy atom. The van der Waals surface area contributed by atoms with Gasteiger partial charge < -0.3 is 11.1 Å². The maximum atomic E-state index is 12.2. The summed E-state index contributed by atoms with van der Waals surface area (Å²) in [5, 5.41) is 2.25. The summed E-state index contributed by atoms with van der Waals surface area (Å²) >= 11 is 0. The number of rotatable bonds is 7. The van der Waals surface area contributed by atoms with Gasteiger partial charge in [-0.3, -0.25) is 5.43 Å². The molecule has 2 amide bonds. The number of amides is 2. The highest BCUT2D eigenvalue weighted by Gasteiger charge is 2.15. The Balaban J connectivity index is 2.06. The number of benzene rings is 2. The third-order valence-corrected chi connectivity index (χ3v) is 5.21. The van der Waals surface area contributed by atoms with Crippen LogP contribution in [-0.2, 0) is 22.1 Å². The van der Waals surface area contributed by atoms with Gasteiger partial charge in [0.25, 0.3) is 0 Å². The van der Waals surface area contributed by atoms with Crippen LogP contribution in [0, 0.1) is 0 Å². The molecule has 0 radical (unpaired) electrons. The van der Waals surface area contributed by atoms with Gasteiger partial charge in [-0.2, -0.15) is 0 Å². The van der Waals surface area contributed by atoms with Gasteiger partial charge in [0.15, 0.2) is 9.84 Å². The fourth-order valence-electron chi connectivity index (χ4n) is 2.47. The highest BCUT2D eigenvalue weighted by Crippen LogP contribution is 2.21. The number of nitrogens with two attached hydrogens (primary N) is 2. The second-order valence-electron chi connectivity index (χ2n) is 5.84. The summed E-state index contributed by atoms with van der Waals surface area (Å²) in [6.45, 7) is 3.99. The predicted molar refractivity (Wildman–Crippen MR) is 102 cm³/mol. The molecule has 7 nitrogen and oxygen atoms in total. The Morgan fingerprint density at radius 1 is 1.04 bits per heavy atom. The monoisotopic (exact) mass is 374 g/mol. The van der Waals surface area contributed by atoms with E-state index in [1.54, 1.807) is 12.1 Å². The van der Waals surface area contributed by atoms with E-state index in [0.29, 0.717) is 12.1 Å². The molecule has 0 bridgehead atoms. The van der Waals surface area contributed by atoms with E-state index in [2.05, 4.69) is 11.9 Å². The molecule has 0 saturated heterocycles. The number of hydrazine groups is 1. The van der Waals surface area contributed by atoms with E-state index in [4.69, 9.17) is 11.6 Å². The Bertz CT molecular complexity index is 893. The Kier molecular flexibility index (Phi) is 6.51. The fourth-order valence-corrected chi connectivity index (χ4v) is 3.88. The average Bonchev–Trinajstić information content (AvgIpc) is 2.61. The second-order valence-corrected chi connectivity index (χ2v) is 7.90. The predicted octanol–water partition coefficient (Wildman–Crippen LogP) is 1.41. The maximum Gasteiger partial charge on any atom is 0.333 e. The molecule has 0 aliphatic heterocycles. The number of carbonyl (C=O) groups excluding carboxylic acids is 1. The molecule has 8 heteroatoms. The minimum atomic E-state index is -3.48. The largest absolute Gasteiger partial charge is 0.333 e. The molecule has 0 saturated carbocycles. The molecule has 0 aromatic heterocycles. The van der Waals surface area contributed by atoms with Crippen LogP contribution < -0.4 is 22.3 Å². The molecule has 0 fully saturated rings. The van der Waals surface area contributed by atoms with Gasteiger partial charge in [0.2, 0.25) is 0 Å². The van der Waals surface area contributed by atoms with Crippen molar-refractivity contribution in [1.82, 2.24) is 10.7 Å². The number of sulfone groups is 1. The topological polar surface area (TPSA) is 127 Å². The summed E-state index contributed by atoms with van der Waals surface area (Å²) < 4.78 is 24.5. The molecule has 138 valence electrons. The van der Waals surface area contributed by atoms with Gasteiger partial charge in [0.05, 0.1) is 11.5 Å². The Hall–Kier alpha value is -2.68. The molecule has 2 aromatic carbocycles. The summed E-state index contributed by atoms with van der Waals surface area (Å²) in [5.74, 6) is 4.42. The third kappa shape index (κ3) is 5.69. The molecule has 0 spiro atoms. The summed E-state index contributed by atoms with van der Waals surface area (Å²) in [7, 11) is -3.48. The molecule has 0 atom stereocenters. The SMILES string of the molecule is C=C(CS(=O)(=O)Cc1ccc(-c2cccc(CN)c2)cc1)NC(=O)NN. The lowest BCUT2D eigenvalue weighted by molar-refractivity contribution is 0.243. The first-order valence-electron chi connectivity index (χ1n) is 7.87. The van der Waals surface area contributed by atoms with Crippen LogP contribution in [0.3, 0.4) is 0 Å². The third-order valence-electron chi connectivity index (χ3n) is 3.65. The first-order valence-corrected chi connectivity index (χ1v) is 9.69. The van der Waals surface area contributed by atoms with E-state index >= 15 is 0 Å². The van der Waals surface area contributed by atoms with E-state index in [-0.39, 0.29) is 17.2 Å². The van der Waals surface area contributed by atoms with Crippen LogP contribution in [-0.4, -0.2) is 20.2 Å². The molecule has 2 rings (SSSR count). The number of hydrogen-bond donors (Lipinski definition) is 4. The molecular formula is C18H22N4O3S. The molecule has 0 aliphatic rings. The van der Waals surface area contributed by atoms with Gasteiger partial charge in [-0.15, -0.1) is 0 Å². The highest BCUT2D eigenvalue weighted by atomic mass is 32.2. The lowest BCUT2D eigenvalue weighted by atomic mass is 10.0. The van der Waals surface area contributed by atoms with E-state index in [0.717, 1.165) is 16.7 Å². The van der Waals surface area contributed by atoms with Crippen molar-refractivity contribution in [3.05, 3.63) is 71.9 Å². The van der Waals surface area contributed by atoms with Crippen molar-refractivity contribution in [3.8, 4) is 11.1 Å². The van der Waals surface area contributed by atoms with Crippen molar-refractivity contribution >= 4 is 15.9 Å². The second kappa shape index (κ2) is 8.61. The smallest absolute Gasteiger partial charge is 0.326 e. The van der Waals surface area contributed by atoms with E-state index in [1.807, 2.05) is 41.8 Å². The van der Waals surface area contributed by atoms with Gasteiger partial charge in [-0.05, 0) is 28.3 Å². The lowest BCUT2D eigenvalue weighted by Gasteiger charge is -2.09. The molecular weight excluding hydrogens is 352 g/mol. The molecule has 0 unspecified atom stereocenters. The zero-order valence-corrected chi connectivity index (χ0v) is 15.1. The summed E-state index contributed by atoms with van der Waals surface area (Å²) in [6, 6.07) is 14.4. The molecule has 6 N–H and O–H groups in total. The number of urea groups is 1. The van der Waals surface area contributed by atoms with Crippen molar-refractivity contribution < 1.29 is 13.2 Å². The van der Waals surface area contributed by atoms with Crippen LogP contribution >= 0.6 is 0 Å². The zero-order chi connectivity index (χ0) is 19.2. The van der Waals surface area contributed by atoms with Crippen LogP contribution in [0.5, 0.6) is 0 Å². The maximum absolute atomic E-state index is 12.2. The van der Waals surface area contributed by atoms with E-state index in [1.165, 1.54) is 0 Å². The average molecular weight is 374 g/mol. The molecule has 0 heterocycles. The van der Waals surface area contributed by atoms with Gasteiger partial charge >= 0.3 is 6.03 Å². The summed E-state index contributed by atoms with van der Waals surface area (Å²) in [6.07, 6.45) is 0. The highest BCUT2D eigenvalue weighted by molar-refractivity contribution is 7.90. The minimum absolute atomic E-state index is 0.0585. The summed E-state index contributed by atoms with van der Waals surface area (Å²) in [4.78, 5) is 11.1. The zero-order valence-electron chi connectivity index (χ0n) is 14.2. The van der Waals surface area contributed by atoms with Crippen LogP contribution in [0.15, 0.2) is 60.8 Å². The summed E-state index contributed by atoms with van der Waals surface area (Å²) in [5.41, 5.74) is 11.2. The number of hydrogen-bond acceptors (Lipinski definition) is 5. The first kappa shape index (κ1) is 19.6. The van der Waals surface area contributed by atoms with Crippen molar-refractivity contribution in [2.45, 2.75) is 12.3 Å². The quantitative estimate of drug-likeness (QED) is 0.331. The van der Waals surface area contributed by atoms with E-state index in [9.17, 15) is 13.2 Å². The van der Waals surface area contributed by atoms with Crippen LogP contribution in [0.2, 0.25) is 0 Å². The van der Waals surface area contributed by atoms with Crippen molar-refractivity contribution in [2.24, 2.45) is 11.6 Å². The van der Waals surface area contributed by atoms with Gasteiger partial charge in [0.1, 0.15) is 0 Å². The Morgan fingerprint density at radius 3 is 2.35 bits per heavy atom. The van der Waals surface area contributed by atoms with Crippen molar-refractivity contribution in [1.29, 1.82) is 0 Å². The molecule has 2 aromatic rings. The standard InChI is InChI=1S/C18H22N4O3S/c1-13(21-18(23)22-20)11-26(24,25)12-14-5-7-16(8-6-14)17-4-2-3-15(9-17)10-19/h2-9H,1,10-12,19-20H2,(H2,21,22,23). The number of carbonyl (C=O) groups is 1. The van der Waals surface area contributed by atoms with Crippen LogP contribution in [0.25, 0.3) is 11.1 Å². The first-order chi connectivity index (χ1) is 12.3. The minimum Gasteiger partial charge on any atom is -0.326 e. The van der Waals surface area contributed by atoms with Crippen molar-refractivity contribution in [3.63, 3.8) is 0 Å². The normalized spacial score (nSPS) is 11.0. The number of nitrogens with one attached hydrogen (secondary N) is 2. The van der Waals surface area contributed by atoms with Crippen LogP contribution in [0.4, 0.5) is 4.79 Å². The van der Waals surface area contributed by atoms with Gasteiger partial charge in [-0.1, -0.05) is 49.0 Å². The van der Waals surface area contributed by atoms with Crippen molar-refractivity contribution in [2.75, 3.05) is 5.75 Å². The van der Waals surface area contributed by atoms with Crippen LogP contribution in [0.1, 0.15) is 11.1 Å². The van der Waals surface area contributed by atoms with Gasteiger partial charge in [-0.25, -0.2) is 19.1 Å². The molecule has 26 heavy (non-hydrogen) atoms. The van der Waals surface area contributed by atoms with E-state index < -0.39 is 15.9 Å². The fraction of sp³-hybridized carbons (Fsp3) is 0.167. The lowest BCUT2D eigenvalue weighted by Crippen LogP contribution is -2.40.